The van der Waals surface area contributed by atoms with Gasteiger partial charge in [-0.1, -0.05) is 36.4 Å². The number of carbonyl (C=O) groups is 1. The van der Waals surface area contributed by atoms with Crippen molar-refractivity contribution >= 4 is 27.0 Å². The number of esters is 1. The number of rotatable bonds is 5. The molecule has 2 bridgehead atoms. The van der Waals surface area contributed by atoms with Crippen LogP contribution >= 0.6 is 0 Å². The Morgan fingerprint density at radius 1 is 0.917 bits per heavy atom. The van der Waals surface area contributed by atoms with Crippen LogP contribution in [0.4, 0.5) is 0 Å². The van der Waals surface area contributed by atoms with Crippen LogP contribution < -0.4 is 4.74 Å². The molecule has 7 rings (SSSR count). The minimum atomic E-state index is -3.65. The molecule has 0 amide bonds. The number of benzene rings is 3. The average Bonchev–Trinajstić information content (AvgIpc) is 3.51. The highest BCUT2D eigenvalue weighted by molar-refractivity contribution is 7.97. The van der Waals surface area contributed by atoms with E-state index in [9.17, 15) is 13.2 Å². The molecule has 7 nitrogen and oxygen atoms in total. The second kappa shape index (κ2) is 8.34. The van der Waals surface area contributed by atoms with Crippen molar-refractivity contribution < 1.29 is 31.6 Å². The summed E-state index contributed by atoms with van der Waals surface area (Å²) in [6.45, 7) is -0.284. The molecule has 5 atom stereocenters. The predicted octanol–water partition coefficient (Wildman–Crippen LogP) is 3.25. The van der Waals surface area contributed by atoms with E-state index in [1.54, 1.807) is 0 Å². The molecule has 0 N–H and O–H groups in total. The van der Waals surface area contributed by atoms with Crippen LogP contribution in [-0.2, 0) is 45.9 Å². The second-order valence-corrected chi connectivity index (χ2v) is 13.1. The van der Waals surface area contributed by atoms with E-state index in [2.05, 4.69) is 48.5 Å². The molecule has 3 fully saturated rings. The average molecular weight is 524 g/mol. The first kappa shape index (κ1) is 22.4. The standard InChI is InChI=1S/C27H23O7S2/c28-24(33-25-20-14-23-26(32-20)27(25)34-36(23,29)30)15-31-18-9-11-19(12-10-18)35-21-7-3-1-5-16(21)13-17-6-2-4-8-22(17)35/h1-12,20,23,25-27H,13-15H2/q+1. The summed E-state index contributed by atoms with van der Waals surface area (Å²) < 4.78 is 46.1. The molecule has 3 saturated heterocycles. The molecule has 184 valence electrons. The maximum atomic E-state index is 12.5. The molecular formula is C27H23O7S2+. The Labute approximate surface area is 211 Å². The van der Waals surface area contributed by atoms with Gasteiger partial charge in [0.2, 0.25) is 0 Å². The second-order valence-electron chi connectivity index (χ2n) is 9.38. The Hall–Kier alpha value is -2.85. The van der Waals surface area contributed by atoms with Crippen LogP contribution in [0.25, 0.3) is 0 Å². The largest absolute Gasteiger partial charge is 0.482 e. The molecule has 3 aromatic rings. The normalized spacial score (nSPS) is 28.9. The highest BCUT2D eigenvalue weighted by Crippen LogP contribution is 2.48. The van der Waals surface area contributed by atoms with E-state index >= 15 is 0 Å². The van der Waals surface area contributed by atoms with Gasteiger partial charge in [-0.25, -0.2) is 4.79 Å². The summed E-state index contributed by atoms with van der Waals surface area (Å²) >= 11 is 0. The Bertz CT molecular complexity index is 1410. The van der Waals surface area contributed by atoms with E-state index in [-0.39, 0.29) is 23.9 Å². The van der Waals surface area contributed by atoms with Crippen LogP contribution in [0.3, 0.4) is 0 Å². The van der Waals surface area contributed by atoms with Crippen LogP contribution in [0.15, 0.2) is 87.5 Å². The van der Waals surface area contributed by atoms with Crippen LogP contribution in [0.1, 0.15) is 17.5 Å². The lowest BCUT2D eigenvalue weighted by molar-refractivity contribution is -0.157. The zero-order chi connectivity index (χ0) is 24.4. The van der Waals surface area contributed by atoms with Gasteiger partial charge in [-0.3, -0.25) is 4.18 Å². The van der Waals surface area contributed by atoms with Crippen molar-refractivity contribution in [3.63, 3.8) is 0 Å². The maximum Gasteiger partial charge on any atom is 0.344 e. The van der Waals surface area contributed by atoms with Gasteiger partial charge in [-0.2, -0.15) is 8.42 Å². The van der Waals surface area contributed by atoms with Gasteiger partial charge in [0.05, 0.1) is 17.0 Å². The van der Waals surface area contributed by atoms with E-state index in [4.69, 9.17) is 18.4 Å². The third-order valence-electron chi connectivity index (χ3n) is 7.24. The summed E-state index contributed by atoms with van der Waals surface area (Å²) in [6, 6.07) is 25.0. The van der Waals surface area contributed by atoms with Crippen molar-refractivity contribution in [1.82, 2.24) is 0 Å². The summed E-state index contributed by atoms with van der Waals surface area (Å²) in [7, 11) is -3.87. The Balaban J connectivity index is 1.04. The molecule has 4 aliphatic heterocycles. The summed E-state index contributed by atoms with van der Waals surface area (Å²) in [5.74, 6) is -0.0245. The van der Waals surface area contributed by atoms with E-state index in [0.29, 0.717) is 5.75 Å². The van der Waals surface area contributed by atoms with Gasteiger partial charge in [0.1, 0.15) is 23.2 Å². The fourth-order valence-electron chi connectivity index (χ4n) is 5.64. The molecule has 4 aliphatic rings. The van der Waals surface area contributed by atoms with Crippen LogP contribution in [0, 0.1) is 0 Å². The molecule has 5 unspecified atom stereocenters. The lowest BCUT2D eigenvalue weighted by Crippen LogP contribution is -2.42. The maximum absolute atomic E-state index is 12.5. The van der Waals surface area contributed by atoms with Gasteiger partial charge >= 0.3 is 5.97 Å². The number of fused-ring (bicyclic) bond motifs is 3. The van der Waals surface area contributed by atoms with Crippen molar-refractivity contribution in [2.45, 2.75) is 57.2 Å². The third kappa shape index (κ3) is 3.56. The topological polar surface area (TPSA) is 88.1 Å². The molecule has 4 heterocycles. The van der Waals surface area contributed by atoms with Crippen LogP contribution in [-0.4, -0.2) is 50.7 Å². The molecule has 0 saturated carbocycles. The zero-order valence-electron chi connectivity index (χ0n) is 19.1. The van der Waals surface area contributed by atoms with E-state index in [1.165, 1.54) is 25.8 Å². The number of hydrogen-bond donors (Lipinski definition) is 0. The SMILES string of the molecule is O=C(COc1ccc([S+]2c3ccccc3Cc3ccccc32)cc1)OC1C2CC3C(O2)C1OS3(=O)=O. The molecule has 0 spiro atoms. The molecule has 9 heteroatoms. The fourth-order valence-corrected chi connectivity index (χ4v) is 9.68. The summed E-state index contributed by atoms with van der Waals surface area (Å²) in [4.78, 5) is 16.3. The van der Waals surface area contributed by atoms with Gasteiger partial charge in [0.25, 0.3) is 10.1 Å². The lowest BCUT2D eigenvalue weighted by Gasteiger charge is -2.21. The van der Waals surface area contributed by atoms with Gasteiger partial charge in [0.15, 0.2) is 27.4 Å². The van der Waals surface area contributed by atoms with Crippen LogP contribution in [0.2, 0.25) is 0 Å². The summed E-state index contributed by atoms with van der Waals surface area (Å²) in [5.41, 5.74) is 2.69. The molecule has 36 heavy (non-hydrogen) atoms. The van der Waals surface area contributed by atoms with Crippen molar-refractivity contribution in [3.05, 3.63) is 83.9 Å². The number of hydrogen-bond acceptors (Lipinski definition) is 7. The minimum absolute atomic E-state index is 0.215. The van der Waals surface area contributed by atoms with Gasteiger partial charge in [-0.15, -0.1) is 0 Å². The van der Waals surface area contributed by atoms with E-state index in [1.807, 2.05) is 24.3 Å². The molecular weight excluding hydrogens is 500 g/mol. The number of ether oxygens (including phenoxy) is 3. The Morgan fingerprint density at radius 2 is 1.58 bits per heavy atom. The Kier molecular flexibility index (Phi) is 5.18. The van der Waals surface area contributed by atoms with E-state index in [0.717, 1.165) is 6.42 Å². The zero-order valence-corrected chi connectivity index (χ0v) is 20.7. The van der Waals surface area contributed by atoms with E-state index < -0.39 is 45.8 Å². The fraction of sp³-hybridized carbons (Fsp3) is 0.296. The van der Waals surface area contributed by atoms with Crippen molar-refractivity contribution in [2.75, 3.05) is 6.61 Å². The molecule has 0 radical (unpaired) electrons. The molecule has 0 aliphatic carbocycles. The van der Waals surface area contributed by atoms with Crippen molar-refractivity contribution in [2.24, 2.45) is 0 Å². The first-order chi connectivity index (χ1) is 17.5. The third-order valence-corrected chi connectivity index (χ3v) is 11.4. The van der Waals surface area contributed by atoms with Crippen molar-refractivity contribution in [1.29, 1.82) is 0 Å². The molecule has 3 aromatic carbocycles. The monoisotopic (exact) mass is 523 g/mol. The lowest BCUT2D eigenvalue weighted by atomic mass is 9.94. The quantitative estimate of drug-likeness (QED) is 0.225. The Morgan fingerprint density at radius 3 is 2.28 bits per heavy atom. The smallest absolute Gasteiger partial charge is 0.344 e. The number of carbonyl (C=O) groups excluding carboxylic acids is 1. The predicted molar refractivity (Wildman–Crippen MR) is 131 cm³/mol. The van der Waals surface area contributed by atoms with Crippen molar-refractivity contribution in [3.8, 4) is 5.75 Å². The summed E-state index contributed by atoms with van der Waals surface area (Å²) in [6.07, 6.45) is -1.27. The molecule has 0 aromatic heterocycles. The van der Waals surface area contributed by atoms with Gasteiger partial charge in [-0.05, 0) is 42.8 Å². The summed E-state index contributed by atoms with van der Waals surface area (Å²) in [5, 5.41) is -0.652. The first-order valence-electron chi connectivity index (χ1n) is 11.9. The minimum Gasteiger partial charge on any atom is -0.482 e. The van der Waals surface area contributed by atoms with Crippen LogP contribution in [0.5, 0.6) is 5.75 Å². The van der Waals surface area contributed by atoms with Gasteiger partial charge in [0, 0.05) is 17.5 Å². The van der Waals surface area contributed by atoms with Gasteiger partial charge < -0.3 is 14.2 Å². The highest BCUT2D eigenvalue weighted by atomic mass is 32.2. The first-order valence-corrected chi connectivity index (χ1v) is 14.6. The highest BCUT2D eigenvalue weighted by Gasteiger charge is 2.67.